The molecule has 0 aliphatic rings. The Morgan fingerprint density at radius 3 is 2.46 bits per heavy atom. The largest absolute Gasteiger partial charge is 0.494 e. The zero-order chi connectivity index (χ0) is 17.7. The first-order valence-electron chi connectivity index (χ1n) is 6.66. The molecule has 0 spiro atoms. The van der Waals surface area contributed by atoms with Crippen LogP contribution >= 0.6 is 0 Å². The smallest absolute Gasteiger partial charge is 0.338 e. The number of hydrogen-bond acceptors (Lipinski definition) is 4. The molecule has 0 saturated carbocycles. The van der Waals surface area contributed by atoms with Crippen LogP contribution in [0, 0.1) is 17.5 Å². The fourth-order valence-electron chi connectivity index (χ4n) is 1.79. The van der Waals surface area contributed by atoms with Crippen molar-refractivity contribution in [2.24, 2.45) is 0 Å². The monoisotopic (exact) mass is 339 g/mol. The minimum absolute atomic E-state index is 0.0501. The lowest BCUT2D eigenvalue weighted by atomic mass is 10.2. The van der Waals surface area contributed by atoms with Crippen molar-refractivity contribution < 1.29 is 32.2 Å². The lowest BCUT2D eigenvalue weighted by Crippen LogP contribution is -2.21. The molecular formula is C16H12F3NO4. The summed E-state index contributed by atoms with van der Waals surface area (Å²) in [4.78, 5) is 23.3. The van der Waals surface area contributed by atoms with Gasteiger partial charge in [0.2, 0.25) is 0 Å². The molecule has 8 heteroatoms. The predicted octanol–water partition coefficient (Wildman–Crippen LogP) is 2.91. The standard InChI is InChI=1S/C16H12F3NO4/c1-23-14-5-2-9(6-12(14)19)16(22)24-8-15(21)20-13-7-10(17)3-4-11(13)18/h2-7H,8H2,1H3,(H,20,21). The number of halogens is 3. The topological polar surface area (TPSA) is 64.6 Å². The number of rotatable bonds is 5. The second-order valence-electron chi connectivity index (χ2n) is 4.60. The molecule has 0 heterocycles. The zero-order valence-electron chi connectivity index (χ0n) is 12.4. The number of anilines is 1. The summed E-state index contributed by atoms with van der Waals surface area (Å²) in [6, 6.07) is 5.90. The van der Waals surface area contributed by atoms with Crippen molar-refractivity contribution in [3.8, 4) is 5.75 Å². The highest BCUT2D eigenvalue weighted by Gasteiger charge is 2.14. The summed E-state index contributed by atoms with van der Waals surface area (Å²) in [5.74, 6) is -4.22. The van der Waals surface area contributed by atoms with E-state index in [1.54, 1.807) is 0 Å². The Morgan fingerprint density at radius 1 is 1.04 bits per heavy atom. The molecule has 0 saturated heterocycles. The van der Waals surface area contributed by atoms with Gasteiger partial charge in [-0.3, -0.25) is 4.79 Å². The average molecular weight is 339 g/mol. The van der Waals surface area contributed by atoms with Gasteiger partial charge in [0.15, 0.2) is 18.2 Å². The van der Waals surface area contributed by atoms with E-state index in [4.69, 9.17) is 4.74 Å². The van der Waals surface area contributed by atoms with Crippen LogP contribution in [-0.4, -0.2) is 25.6 Å². The van der Waals surface area contributed by atoms with E-state index in [2.05, 4.69) is 10.1 Å². The number of carbonyl (C=O) groups is 2. The summed E-state index contributed by atoms with van der Waals surface area (Å²) in [5, 5.41) is 2.06. The molecule has 24 heavy (non-hydrogen) atoms. The normalized spacial score (nSPS) is 10.2. The van der Waals surface area contributed by atoms with E-state index in [1.165, 1.54) is 19.2 Å². The van der Waals surface area contributed by atoms with E-state index in [1.807, 2.05) is 0 Å². The van der Waals surface area contributed by atoms with Gasteiger partial charge in [-0.05, 0) is 30.3 Å². The summed E-state index contributed by atoms with van der Waals surface area (Å²) >= 11 is 0. The molecule has 0 bridgehead atoms. The SMILES string of the molecule is COc1ccc(C(=O)OCC(=O)Nc2cc(F)ccc2F)cc1F. The van der Waals surface area contributed by atoms with Crippen LogP contribution in [0.25, 0.3) is 0 Å². The van der Waals surface area contributed by atoms with E-state index in [0.29, 0.717) is 0 Å². The van der Waals surface area contributed by atoms with Gasteiger partial charge in [0.25, 0.3) is 5.91 Å². The lowest BCUT2D eigenvalue weighted by Gasteiger charge is -2.08. The molecule has 0 aliphatic heterocycles. The first kappa shape index (κ1) is 17.3. The van der Waals surface area contributed by atoms with Gasteiger partial charge >= 0.3 is 5.97 Å². The van der Waals surface area contributed by atoms with Crippen molar-refractivity contribution in [3.05, 3.63) is 59.4 Å². The van der Waals surface area contributed by atoms with Crippen molar-refractivity contribution >= 4 is 17.6 Å². The van der Waals surface area contributed by atoms with Crippen LogP contribution < -0.4 is 10.1 Å². The molecule has 0 radical (unpaired) electrons. The van der Waals surface area contributed by atoms with Crippen LogP contribution in [0.15, 0.2) is 36.4 Å². The number of amides is 1. The number of carbonyl (C=O) groups excluding carboxylic acids is 2. The van der Waals surface area contributed by atoms with Crippen molar-refractivity contribution in [1.29, 1.82) is 0 Å². The summed E-state index contributed by atoms with van der Waals surface area (Å²) in [6.45, 7) is -0.748. The van der Waals surface area contributed by atoms with Crippen molar-refractivity contribution in [2.75, 3.05) is 19.0 Å². The van der Waals surface area contributed by atoms with Crippen molar-refractivity contribution in [3.63, 3.8) is 0 Å². The third-order valence-electron chi connectivity index (χ3n) is 2.92. The van der Waals surface area contributed by atoms with Gasteiger partial charge < -0.3 is 14.8 Å². The molecule has 2 rings (SSSR count). The first-order chi connectivity index (χ1) is 11.4. The number of methoxy groups -OCH3 is 1. The molecule has 2 aromatic rings. The maximum Gasteiger partial charge on any atom is 0.338 e. The minimum Gasteiger partial charge on any atom is -0.494 e. The van der Waals surface area contributed by atoms with Crippen LogP contribution in [0.5, 0.6) is 5.75 Å². The third kappa shape index (κ3) is 4.25. The average Bonchev–Trinajstić information content (AvgIpc) is 2.56. The Labute approximate surface area is 135 Å². The number of benzene rings is 2. The molecule has 5 nitrogen and oxygen atoms in total. The fourth-order valence-corrected chi connectivity index (χ4v) is 1.79. The molecule has 1 amide bonds. The van der Waals surface area contributed by atoms with Gasteiger partial charge in [-0.2, -0.15) is 0 Å². The van der Waals surface area contributed by atoms with Crippen LogP contribution in [0.2, 0.25) is 0 Å². The molecule has 0 fully saturated rings. The maximum atomic E-state index is 13.5. The number of ether oxygens (including phenoxy) is 2. The van der Waals surface area contributed by atoms with E-state index in [0.717, 1.165) is 24.3 Å². The van der Waals surface area contributed by atoms with Crippen LogP contribution in [0.1, 0.15) is 10.4 Å². The predicted molar refractivity (Wildman–Crippen MR) is 78.2 cm³/mol. The van der Waals surface area contributed by atoms with Crippen molar-refractivity contribution in [1.82, 2.24) is 0 Å². The van der Waals surface area contributed by atoms with Crippen LogP contribution in [0.4, 0.5) is 18.9 Å². The van der Waals surface area contributed by atoms with Crippen LogP contribution in [0.3, 0.4) is 0 Å². The molecule has 0 aromatic heterocycles. The molecule has 2 aromatic carbocycles. The minimum atomic E-state index is -0.952. The highest BCUT2D eigenvalue weighted by atomic mass is 19.1. The maximum absolute atomic E-state index is 13.5. The number of hydrogen-bond donors (Lipinski definition) is 1. The molecule has 0 aliphatic carbocycles. The second-order valence-corrected chi connectivity index (χ2v) is 4.60. The zero-order valence-corrected chi connectivity index (χ0v) is 12.4. The lowest BCUT2D eigenvalue weighted by molar-refractivity contribution is -0.119. The third-order valence-corrected chi connectivity index (χ3v) is 2.92. The molecule has 126 valence electrons. The van der Waals surface area contributed by atoms with Gasteiger partial charge in [0.1, 0.15) is 11.6 Å². The number of esters is 1. The Kier molecular flexibility index (Phi) is 5.41. The summed E-state index contributed by atoms with van der Waals surface area (Å²) in [6.07, 6.45) is 0. The summed E-state index contributed by atoms with van der Waals surface area (Å²) in [5.41, 5.74) is -0.510. The first-order valence-corrected chi connectivity index (χ1v) is 6.66. The van der Waals surface area contributed by atoms with Crippen LogP contribution in [-0.2, 0) is 9.53 Å². The van der Waals surface area contributed by atoms with Gasteiger partial charge in [-0.25, -0.2) is 18.0 Å². The molecule has 1 N–H and O–H groups in total. The number of nitrogens with one attached hydrogen (secondary N) is 1. The molecule has 0 atom stereocenters. The van der Waals surface area contributed by atoms with Gasteiger partial charge in [0.05, 0.1) is 18.4 Å². The van der Waals surface area contributed by atoms with Crippen molar-refractivity contribution in [2.45, 2.75) is 0 Å². The van der Waals surface area contributed by atoms with E-state index in [9.17, 15) is 22.8 Å². The van der Waals surface area contributed by atoms with E-state index >= 15 is 0 Å². The Bertz CT molecular complexity index is 780. The Hall–Kier alpha value is -3.03. The molecule has 0 unspecified atom stereocenters. The van der Waals surface area contributed by atoms with Gasteiger partial charge in [-0.15, -0.1) is 0 Å². The second kappa shape index (κ2) is 7.49. The van der Waals surface area contributed by atoms with E-state index in [-0.39, 0.29) is 17.0 Å². The quantitative estimate of drug-likeness (QED) is 0.851. The Balaban J connectivity index is 1.95. The fraction of sp³-hybridized carbons (Fsp3) is 0.125. The highest BCUT2D eigenvalue weighted by molar-refractivity contribution is 5.95. The van der Waals surface area contributed by atoms with Gasteiger partial charge in [0, 0.05) is 6.07 Å². The molecular weight excluding hydrogens is 327 g/mol. The summed E-state index contributed by atoms with van der Waals surface area (Å²) in [7, 11) is 1.27. The van der Waals surface area contributed by atoms with Gasteiger partial charge in [-0.1, -0.05) is 0 Å². The summed E-state index contributed by atoms with van der Waals surface area (Å²) < 4.78 is 49.2. The highest BCUT2D eigenvalue weighted by Crippen LogP contribution is 2.18. The van der Waals surface area contributed by atoms with E-state index < -0.39 is 35.9 Å². The Morgan fingerprint density at radius 2 is 1.79 bits per heavy atom.